The molecule has 1 aromatic heterocycles. The van der Waals surface area contributed by atoms with Crippen LogP contribution in [0.25, 0.3) is 0 Å². The second-order valence-corrected chi connectivity index (χ2v) is 8.54. The van der Waals surface area contributed by atoms with Crippen LogP contribution in [0.2, 0.25) is 5.02 Å². The number of nitrogens with zero attached hydrogens (tertiary/aromatic N) is 1. The first kappa shape index (κ1) is 20.8. The molecule has 3 aromatic rings. The number of carbonyl (C=O) groups excluding carboxylic acids is 1. The van der Waals surface area contributed by atoms with E-state index in [2.05, 4.69) is 16.4 Å². The quantitative estimate of drug-likeness (QED) is 0.568. The Morgan fingerprint density at radius 2 is 2.03 bits per heavy atom. The zero-order valence-electron chi connectivity index (χ0n) is 16.5. The van der Waals surface area contributed by atoms with Crippen molar-refractivity contribution in [3.05, 3.63) is 81.3 Å². The molecule has 0 bridgehead atoms. The molecular formula is C23H23ClN2O3S. The fourth-order valence-electron chi connectivity index (χ4n) is 3.69. The minimum absolute atomic E-state index is 0.123. The van der Waals surface area contributed by atoms with E-state index in [1.54, 1.807) is 17.6 Å². The summed E-state index contributed by atoms with van der Waals surface area (Å²) in [5.74, 6) is 0.522. The lowest BCUT2D eigenvalue weighted by Crippen LogP contribution is -2.44. The zero-order chi connectivity index (χ0) is 20.8. The van der Waals surface area contributed by atoms with Crippen LogP contribution in [0.3, 0.4) is 0 Å². The lowest BCUT2D eigenvalue weighted by molar-refractivity contribution is 0.0487. The number of carbonyl (C=O) groups is 1. The number of halogens is 1. The Labute approximate surface area is 185 Å². The van der Waals surface area contributed by atoms with Crippen LogP contribution in [0.4, 0.5) is 0 Å². The second-order valence-electron chi connectivity index (χ2n) is 7.38. The van der Waals surface area contributed by atoms with Gasteiger partial charge in [0.1, 0.15) is 12.4 Å². The number of benzene rings is 2. The molecule has 0 atom stereocenters. The van der Waals surface area contributed by atoms with Gasteiger partial charge in [-0.1, -0.05) is 29.8 Å². The maximum Gasteiger partial charge on any atom is 0.251 e. The molecule has 1 fully saturated rings. The predicted molar refractivity (Wildman–Crippen MR) is 118 cm³/mol. The Kier molecular flexibility index (Phi) is 6.67. The van der Waals surface area contributed by atoms with Gasteiger partial charge in [-0.15, -0.1) is 11.3 Å². The Bertz CT molecular complexity index is 988. The number of hydrogen-bond acceptors (Lipinski definition) is 5. The van der Waals surface area contributed by atoms with E-state index >= 15 is 0 Å². The number of hydrogen-bond donors (Lipinski definition) is 1. The minimum Gasteiger partial charge on any atom is -0.487 e. The molecule has 0 unspecified atom stereocenters. The summed E-state index contributed by atoms with van der Waals surface area (Å²) in [5.41, 5.74) is 4.17. The fourth-order valence-corrected chi connectivity index (χ4v) is 4.43. The summed E-state index contributed by atoms with van der Waals surface area (Å²) in [6.45, 7) is 2.25. The van der Waals surface area contributed by atoms with E-state index in [-0.39, 0.29) is 11.3 Å². The molecule has 1 amide bonds. The van der Waals surface area contributed by atoms with Crippen molar-refractivity contribution in [3.63, 3.8) is 0 Å². The van der Waals surface area contributed by atoms with E-state index in [1.807, 2.05) is 35.7 Å². The van der Waals surface area contributed by atoms with Crippen LogP contribution in [0, 0.1) is 0 Å². The van der Waals surface area contributed by atoms with Crippen molar-refractivity contribution in [2.75, 3.05) is 19.8 Å². The zero-order valence-corrected chi connectivity index (χ0v) is 18.0. The molecule has 1 aliphatic heterocycles. The molecule has 0 aliphatic carbocycles. The number of thiazole rings is 1. The van der Waals surface area contributed by atoms with E-state index in [4.69, 9.17) is 21.1 Å². The van der Waals surface area contributed by atoms with Crippen molar-refractivity contribution in [1.82, 2.24) is 10.3 Å². The number of amides is 1. The van der Waals surface area contributed by atoms with E-state index in [1.165, 1.54) is 11.3 Å². The molecule has 7 heteroatoms. The molecule has 0 radical (unpaired) electrons. The first-order valence-corrected chi connectivity index (χ1v) is 11.2. The fraction of sp³-hybridized carbons (Fsp3) is 0.304. The highest BCUT2D eigenvalue weighted by Gasteiger charge is 2.35. The van der Waals surface area contributed by atoms with Crippen LogP contribution in [0.5, 0.6) is 5.75 Å². The van der Waals surface area contributed by atoms with Crippen molar-refractivity contribution in [2.24, 2.45) is 0 Å². The number of rotatable bonds is 7. The molecular weight excluding hydrogens is 420 g/mol. The standard InChI is InChI=1S/C23H23ClN2O3S/c24-19-5-2-4-18(12-19)23(7-9-28-10-8-23)15-25-22(27)17-3-1-6-21(11-17)29-13-20-14-30-16-26-20/h1-6,11-12,14,16H,7-10,13,15H2,(H,25,27). The van der Waals surface area contributed by atoms with Gasteiger partial charge in [-0.3, -0.25) is 4.79 Å². The Balaban J connectivity index is 1.44. The highest BCUT2D eigenvalue weighted by molar-refractivity contribution is 7.07. The molecule has 30 heavy (non-hydrogen) atoms. The van der Waals surface area contributed by atoms with Crippen molar-refractivity contribution in [2.45, 2.75) is 24.9 Å². The van der Waals surface area contributed by atoms with Gasteiger partial charge >= 0.3 is 0 Å². The molecule has 1 aliphatic rings. The number of ether oxygens (including phenoxy) is 2. The van der Waals surface area contributed by atoms with Gasteiger partial charge in [-0.05, 0) is 48.7 Å². The average molecular weight is 443 g/mol. The van der Waals surface area contributed by atoms with Crippen LogP contribution in [0.1, 0.15) is 34.5 Å². The highest BCUT2D eigenvalue weighted by Crippen LogP contribution is 2.35. The Morgan fingerprint density at radius 1 is 1.20 bits per heavy atom. The van der Waals surface area contributed by atoms with Gasteiger partial charge in [0.25, 0.3) is 5.91 Å². The summed E-state index contributed by atoms with van der Waals surface area (Å²) in [6, 6.07) is 15.1. The minimum atomic E-state index is -0.183. The van der Waals surface area contributed by atoms with E-state index < -0.39 is 0 Å². The molecule has 1 saturated heterocycles. The molecule has 2 aromatic carbocycles. The smallest absolute Gasteiger partial charge is 0.251 e. The Morgan fingerprint density at radius 3 is 2.80 bits per heavy atom. The topological polar surface area (TPSA) is 60.5 Å². The molecule has 1 N–H and O–H groups in total. The lowest BCUT2D eigenvalue weighted by Gasteiger charge is -2.38. The summed E-state index contributed by atoms with van der Waals surface area (Å²) < 4.78 is 11.3. The van der Waals surface area contributed by atoms with Crippen LogP contribution >= 0.6 is 22.9 Å². The normalized spacial score (nSPS) is 15.5. The van der Waals surface area contributed by atoms with Gasteiger partial charge in [0.15, 0.2) is 0 Å². The molecule has 0 spiro atoms. The molecule has 156 valence electrons. The third-order valence-electron chi connectivity index (χ3n) is 5.44. The van der Waals surface area contributed by atoms with Crippen molar-refractivity contribution in [1.29, 1.82) is 0 Å². The number of nitrogens with one attached hydrogen (secondary N) is 1. The summed E-state index contributed by atoms with van der Waals surface area (Å²) in [7, 11) is 0. The second kappa shape index (κ2) is 9.60. The lowest BCUT2D eigenvalue weighted by atomic mass is 9.74. The predicted octanol–water partition coefficient (Wildman–Crippen LogP) is 4.85. The van der Waals surface area contributed by atoms with E-state index in [0.29, 0.717) is 42.7 Å². The van der Waals surface area contributed by atoms with Gasteiger partial charge in [-0.25, -0.2) is 4.98 Å². The number of aromatic nitrogens is 1. The summed E-state index contributed by atoms with van der Waals surface area (Å²) in [4.78, 5) is 17.1. The van der Waals surface area contributed by atoms with Gasteiger partial charge in [-0.2, -0.15) is 0 Å². The first-order chi connectivity index (χ1) is 14.6. The van der Waals surface area contributed by atoms with Gasteiger partial charge in [0, 0.05) is 41.1 Å². The van der Waals surface area contributed by atoms with Gasteiger partial charge < -0.3 is 14.8 Å². The maximum atomic E-state index is 12.9. The van der Waals surface area contributed by atoms with Crippen LogP contribution in [0.15, 0.2) is 59.4 Å². The SMILES string of the molecule is O=C(NCC1(c2cccc(Cl)c2)CCOCC1)c1cccc(OCc2cscn2)c1. The maximum absolute atomic E-state index is 12.9. The first-order valence-electron chi connectivity index (χ1n) is 9.87. The highest BCUT2D eigenvalue weighted by atomic mass is 35.5. The molecule has 0 saturated carbocycles. The largest absolute Gasteiger partial charge is 0.487 e. The average Bonchev–Trinajstić information content (AvgIpc) is 3.31. The van der Waals surface area contributed by atoms with Crippen molar-refractivity contribution >= 4 is 28.8 Å². The van der Waals surface area contributed by atoms with Crippen molar-refractivity contribution in [3.8, 4) is 5.75 Å². The van der Waals surface area contributed by atoms with Crippen LogP contribution in [-0.2, 0) is 16.8 Å². The van der Waals surface area contributed by atoms with Crippen molar-refractivity contribution < 1.29 is 14.3 Å². The monoisotopic (exact) mass is 442 g/mol. The van der Waals surface area contributed by atoms with Crippen LogP contribution in [-0.4, -0.2) is 30.6 Å². The summed E-state index contributed by atoms with van der Waals surface area (Å²) >= 11 is 7.76. The van der Waals surface area contributed by atoms with E-state index in [0.717, 1.165) is 24.1 Å². The molecule has 2 heterocycles. The van der Waals surface area contributed by atoms with E-state index in [9.17, 15) is 4.79 Å². The molecule has 5 nitrogen and oxygen atoms in total. The summed E-state index contributed by atoms with van der Waals surface area (Å²) in [5, 5.41) is 5.77. The van der Waals surface area contributed by atoms with Gasteiger partial charge in [0.2, 0.25) is 0 Å². The van der Waals surface area contributed by atoms with Crippen LogP contribution < -0.4 is 10.1 Å². The third-order valence-corrected chi connectivity index (χ3v) is 6.31. The Hall–Kier alpha value is -2.41. The molecule has 4 rings (SSSR count). The summed E-state index contributed by atoms with van der Waals surface area (Å²) in [6.07, 6.45) is 1.68. The van der Waals surface area contributed by atoms with Gasteiger partial charge in [0.05, 0.1) is 11.2 Å². The third kappa shape index (κ3) is 5.01.